The molecule has 19 heteroatoms. The standard InChI is InChI=1S/C31H57N9O10/c1-7-17(4)25(29(47)35-15-23(43)37-20(31(49)50)10-8-9-11-32)40-28(46)21(12-16(2)3)38-24(44)14-34-27(45)18(5)36-30(48)26(19(6)41)39-22(42)13-33/h16-21,25-26,41H,7-15,32-33H2,1-6H3,(H,34,45)(H,35,47)(H,36,48)(H,37,43)(H,38,44)(H,39,42)(H,40,46)(H,49,50)/t17-,18-,19+,20-,21-,25-,26-/m0/s1. The van der Waals surface area contributed by atoms with Crippen molar-refractivity contribution in [3.8, 4) is 0 Å². The summed E-state index contributed by atoms with van der Waals surface area (Å²) in [5.74, 6) is -6.85. The smallest absolute Gasteiger partial charge is 0.326 e. The van der Waals surface area contributed by atoms with E-state index in [1.54, 1.807) is 13.8 Å². The third-order valence-electron chi connectivity index (χ3n) is 7.60. The summed E-state index contributed by atoms with van der Waals surface area (Å²) >= 11 is 0. The minimum atomic E-state index is -1.38. The van der Waals surface area contributed by atoms with Gasteiger partial charge in [0, 0.05) is 0 Å². The third-order valence-corrected chi connectivity index (χ3v) is 7.60. The lowest BCUT2D eigenvalue weighted by Gasteiger charge is -2.27. The van der Waals surface area contributed by atoms with Crippen molar-refractivity contribution in [2.24, 2.45) is 23.3 Å². The second-order valence-corrected chi connectivity index (χ2v) is 12.5. The highest BCUT2D eigenvalue weighted by atomic mass is 16.4. The Bertz CT molecular complexity index is 1170. The van der Waals surface area contributed by atoms with Crippen LogP contribution in [0.1, 0.15) is 73.6 Å². The predicted octanol–water partition coefficient (Wildman–Crippen LogP) is -3.69. The largest absolute Gasteiger partial charge is 0.480 e. The van der Waals surface area contributed by atoms with Crippen molar-refractivity contribution in [1.29, 1.82) is 0 Å². The number of carbonyl (C=O) groups is 8. The number of hydrogen-bond acceptors (Lipinski definition) is 11. The number of nitrogens with two attached hydrogens (primary N) is 2. The zero-order valence-electron chi connectivity index (χ0n) is 29.8. The second kappa shape index (κ2) is 23.9. The van der Waals surface area contributed by atoms with Crippen LogP contribution in [-0.2, 0) is 38.4 Å². The van der Waals surface area contributed by atoms with Gasteiger partial charge in [-0.05, 0) is 57.9 Å². The number of aliphatic hydroxyl groups is 1. The van der Waals surface area contributed by atoms with E-state index < -0.39 is 109 Å². The fraction of sp³-hybridized carbons (Fsp3) is 0.742. The molecule has 13 N–H and O–H groups in total. The number of aliphatic carboxylic acids is 1. The highest BCUT2D eigenvalue weighted by molar-refractivity contribution is 5.96. The Morgan fingerprint density at radius 3 is 1.68 bits per heavy atom. The molecule has 0 heterocycles. The number of rotatable bonds is 24. The summed E-state index contributed by atoms with van der Waals surface area (Å²) in [7, 11) is 0. The first kappa shape index (κ1) is 45.6. The van der Waals surface area contributed by atoms with E-state index in [9.17, 15) is 48.6 Å². The van der Waals surface area contributed by atoms with Crippen LogP contribution in [0.2, 0.25) is 0 Å². The molecule has 0 bridgehead atoms. The summed E-state index contributed by atoms with van der Waals surface area (Å²) < 4.78 is 0. The maximum Gasteiger partial charge on any atom is 0.326 e. The molecule has 0 aliphatic heterocycles. The maximum atomic E-state index is 13.4. The Hall–Kier alpha value is -4.36. The normalized spacial score (nSPS) is 15.2. The first-order chi connectivity index (χ1) is 23.4. The number of unbranched alkanes of at least 4 members (excludes halogenated alkanes) is 1. The molecule has 0 saturated carbocycles. The van der Waals surface area contributed by atoms with Crippen molar-refractivity contribution in [3.63, 3.8) is 0 Å². The van der Waals surface area contributed by atoms with Crippen LogP contribution in [0.25, 0.3) is 0 Å². The molecule has 7 amide bonds. The molecule has 50 heavy (non-hydrogen) atoms. The van der Waals surface area contributed by atoms with Crippen LogP contribution in [0.3, 0.4) is 0 Å². The van der Waals surface area contributed by atoms with Crippen molar-refractivity contribution in [3.05, 3.63) is 0 Å². The fourth-order valence-corrected chi connectivity index (χ4v) is 4.50. The molecule has 0 spiro atoms. The zero-order chi connectivity index (χ0) is 38.6. The Balaban J connectivity index is 5.38. The SMILES string of the molecule is CC[C@H](C)[C@H](NC(=O)[C@H](CC(C)C)NC(=O)CNC(=O)[C@H](C)NC(=O)[C@@H](NC(=O)CN)[C@@H](C)O)C(=O)NCC(=O)N[C@@H](CCCCN)C(=O)O. The zero-order valence-corrected chi connectivity index (χ0v) is 29.8. The number of nitrogens with one attached hydrogen (secondary N) is 7. The van der Waals surface area contributed by atoms with Crippen molar-refractivity contribution >= 4 is 47.3 Å². The van der Waals surface area contributed by atoms with Crippen LogP contribution in [0.5, 0.6) is 0 Å². The van der Waals surface area contributed by atoms with E-state index >= 15 is 0 Å². The second-order valence-electron chi connectivity index (χ2n) is 12.5. The van der Waals surface area contributed by atoms with E-state index in [2.05, 4.69) is 37.2 Å². The summed E-state index contributed by atoms with van der Waals surface area (Å²) in [6.07, 6.45) is 0.583. The molecule has 0 aliphatic carbocycles. The molecule has 0 unspecified atom stereocenters. The minimum absolute atomic E-state index is 0.0795. The Morgan fingerprint density at radius 1 is 0.640 bits per heavy atom. The van der Waals surface area contributed by atoms with E-state index in [4.69, 9.17) is 11.5 Å². The lowest BCUT2D eigenvalue weighted by molar-refractivity contribution is -0.142. The van der Waals surface area contributed by atoms with Gasteiger partial charge in [-0.3, -0.25) is 33.6 Å². The van der Waals surface area contributed by atoms with Gasteiger partial charge in [0.25, 0.3) is 0 Å². The van der Waals surface area contributed by atoms with Gasteiger partial charge in [0.05, 0.1) is 25.7 Å². The number of carboxylic acid groups (broad SMARTS) is 1. The van der Waals surface area contributed by atoms with Gasteiger partial charge >= 0.3 is 5.97 Å². The minimum Gasteiger partial charge on any atom is -0.480 e. The van der Waals surface area contributed by atoms with E-state index in [0.717, 1.165) is 0 Å². The molecule has 19 nitrogen and oxygen atoms in total. The molecular formula is C31H57N9O10. The topological polar surface area (TPSA) is 313 Å². The van der Waals surface area contributed by atoms with E-state index in [0.29, 0.717) is 25.8 Å². The summed E-state index contributed by atoms with van der Waals surface area (Å²) in [5, 5.41) is 36.1. The highest BCUT2D eigenvalue weighted by Gasteiger charge is 2.32. The van der Waals surface area contributed by atoms with Crippen LogP contribution in [0, 0.1) is 11.8 Å². The highest BCUT2D eigenvalue weighted by Crippen LogP contribution is 2.11. The molecule has 7 atom stereocenters. The van der Waals surface area contributed by atoms with Gasteiger partial charge in [0.2, 0.25) is 41.4 Å². The van der Waals surface area contributed by atoms with Crippen LogP contribution < -0.4 is 48.7 Å². The van der Waals surface area contributed by atoms with E-state index in [-0.39, 0.29) is 18.8 Å². The lowest BCUT2D eigenvalue weighted by atomic mass is 9.96. The molecule has 0 aliphatic rings. The van der Waals surface area contributed by atoms with Gasteiger partial charge in [-0.1, -0.05) is 34.1 Å². The van der Waals surface area contributed by atoms with Gasteiger partial charge < -0.3 is 58.9 Å². The van der Waals surface area contributed by atoms with E-state index in [1.807, 2.05) is 13.8 Å². The van der Waals surface area contributed by atoms with Gasteiger partial charge in [-0.2, -0.15) is 0 Å². The van der Waals surface area contributed by atoms with Crippen LogP contribution in [-0.4, -0.2) is 120 Å². The van der Waals surface area contributed by atoms with Crippen LogP contribution in [0.4, 0.5) is 0 Å². The van der Waals surface area contributed by atoms with Gasteiger partial charge in [-0.25, -0.2) is 4.79 Å². The van der Waals surface area contributed by atoms with Crippen molar-refractivity contribution in [2.45, 2.75) is 110 Å². The number of carboxylic acids is 1. The number of aliphatic hydroxyl groups excluding tert-OH is 1. The van der Waals surface area contributed by atoms with Gasteiger partial charge in [0.15, 0.2) is 0 Å². The van der Waals surface area contributed by atoms with Crippen molar-refractivity contribution in [2.75, 3.05) is 26.2 Å². The maximum absolute atomic E-state index is 13.4. The Labute approximate surface area is 292 Å². The average molecular weight is 716 g/mol. The monoisotopic (exact) mass is 715 g/mol. The van der Waals surface area contributed by atoms with Crippen LogP contribution in [0.15, 0.2) is 0 Å². The molecule has 0 rings (SSSR count). The lowest BCUT2D eigenvalue weighted by Crippen LogP contribution is -2.58. The summed E-state index contributed by atoms with van der Waals surface area (Å²) in [6, 6.07) is -5.91. The molecule has 0 aromatic heterocycles. The molecule has 0 saturated heterocycles. The quantitative estimate of drug-likeness (QED) is 0.0431. The molecule has 0 aromatic rings. The predicted molar refractivity (Wildman–Crippen MR) is 182 cm³/mol. The molecule has 0 aromatic carbocycles. The van der Waals surface area contributed by atoms with Gasteiger partial charge in [-0.15, -0.1) is 0 Å². The fourth-order valence-electron chi connectivity index (χ4n) is 4.50. The molecule has 286 valence electrons. The Kier molecular flexibility index (Phi) is 21.8. The first-order valence-electron chi connectivity index (χ1n) is 16.7. The summed E-state index contributed by atoms with van der Waals surface area (Å²) in [4.78, 5) is 99.8. The average Bonchev–Trinajstić information content (AvgIpc) is 3.05. The molecule has 0 fully saturated rings. The summed E-state index contributed by atoms with van der Waals surface area (Å²) in [6.45, 7) is 8.57. The molecular weight excluding hydrogens is 658 g/mol. The first-order valence-corrected chi connectivity index (χ1v) is 16.7. The number of hydrogen-bond donors (Lipinski definition) is 11. The van der Waals surface area contributed by atoms with Crippen molar-refractivity contribution in [1.82, 2.24) is 37.2 Å². The Morgan fingerprint density at radius 2 is 1.20 bits per heavy atom. The summed E-state index contributed by atoms with van der Waals surface area (Å²) in [5.41, 5.74) is 10.7. The van der Waals surface area contributed by atoms with Crippen molar-refractivity contribution < 1.29 is 48.6 Å². The van der Waals surface area contributed by atoms with Crippen LogP contribution >= 0.6 is 0 Å². The number of carbonyl (C=O) groups excluding carboxylic acids is 7. The van der Waals surface area contributed by atoms with E-state index in [1.165, 1.54) is 13.8 Å². The third kappa shape index (κ3) is 17.9. The number of amides is 7. The molecule has 0 radical (unpaired) electrons. The van der Waals surface area contributed by atoms with Gasteiger partial charge in [0.1, 0.15) is 30.2 Å².